The molecule has 2 aliphatic heterocycles. The van der Waals surface area contributed by atoms with Gasteiger partial charge >= 0.3 is 6.18 Å². The Bertz CT molecular complexity index is 929. The Kier molecular flexibility index (Phi) is 4.63. The lowest BCUT2D eigenvalue weighted by atomic mass is 10.1. The van der Waals surface area contributed by atoms with Gasteiger partial charge in [0.05, 0.1) is 28.2 Å². The van der Waals surface area contributed by atoms with Crippen molar-refractivity contribution < 1.29 is 18.0 Å². The maximum atomic E-state index is 13.0. The Hall–Kier alpha value is -2.07. The maximum absolute atomic E-state index is 13.0. The van der Waals surface area contributed by atoms with Gasteiger partial charge in [0, 0.05) is 18.8 Å². The normalized spacial score (nSPS) is 19.4. The van der Waals surface area contributed by atoms with Crippen LogP contribution in [0.2, 0.25) is 5.02 Å². The molecule has 27 heavy (non-hydrogen) atoms. The lowest BCUT2D eigenvalue weighted by Gasteiger charge is -2.28. The highest BCUT2D eigenvalue weighted by atomic mass is 35.5. The summed E-state index contributed by atoms with van der Waals surface area (Å²) in [7, 11) is 0. The highest BCUT2D eigenvalue weighted by Gasteiger charge is 2.36. The van der Waals surface area contributed by atoms with E-state index in [0.717, 1.165) is 17.6 Å². The van der Waals surface area contributed by atoms with E-state index >= 15 is 0 Å². The molecule has 0 N–H and O–H groups in total. The Balaban J connectivity index is 1.58. The average molecular weight is 416 g/mol. The van der Waals surface area contributed by atoms with Crippen LogP contribution in [0, 0.1) is 0 Å². The minimum absolute atomic E-state index is 0.0589. The van der Waals surface area contributed by atoms with E-state index in [-0.39, 0.29) is 18.2 Å². The molecule has 0 radical (unpaired) electrons. The van der Waals surface area contributed by atoms with Crippen molar-refractivity contribution in [1.82, 2.24) is 19.7 Å². The molecule has 1 unspecified atom stereocenters. The minimum atomic E-state index is -4.62. The molecule has 0 bridgehead atoms. The van der Waals surface area contributed by atoms with E-state index in [0.29, 0.717) is 18.9 Å². The summed E-state index contributed by atoms with van der Waals surface area (Å²) in [6.07, 6.45) is -4.62. The molecule has 0 saturated heterocycles. The first-order valence-corrected chi connectivity index (χ1v) is 9.49. The predicted molar refractivity (Wildman–Crippen MR) is 94.9 cm³/mol. The van der Waals surface area contributed by atoms with E-state index in [9.17, 15) is 18.0 Å². The SMILES string of the molecule is O=C(c1cccc(C(F)(F)F)c1Cl)N1CCn2c(nnc2C2CSC=N2)C1. The van der Waals surface area contributed by atoms with Gasteiger partial charge in [0.15, 0.2) is 11.6 Å². The van der Waals surface area contributed by atoms with Crippen LogP contribution in [0.1, 0.15) is 33.6 Å². The van der Waals surface area contributed by atoms with Crippen LogP contribution >= 0.6 is 23.4 Å². The molecule has 1 atom stereocenters. The van der Waals surface area contributed by atoms with Crippen molar-refractivity contribution in [2.45, 2.75) is 25.3 Å². The first-order valence-electron chi connectivity index (χ1n) is 8.06. The van der Waals surface area contributed by atoms with Gasteiger partial charge in [-0.2, -0.15) is 13.2 Å². The summed E-state index contributed by atoms with van der Waals surface area (Å²) in [5, 5.41) is 7.73. The summed E-state index contributed by atoms with van der Waals surface area (Å²) in [5.74, 6) is 1.56. The Morgan fingerprint density at radius 2 is 2.07 bits per heavy atom. The highest BCUT2D eigenvalue weighted by Crippen LogP contribution is 2.37. The molecule has 0 spiro atoms. The molecule has 1 aromatic heterocycles. The average Bonchev–Trinajstić information content (AvgIpc) is 3.29. The fourth-order valence-electron chi connectivity index (χ4n) is 3.12. The second-order valence-electron chi connectivity index (χ2n) is 6.12. The van der Waals surface area contributed by atoms with Gasteiger partial charge in [0.2, 0.25) is 0 Å². The summed E-state index contributed by atoms with van der Waals surface area (Å²) in [6.45, 7) is 0.936. The summed E-state index contributed by atoms with van der Waals surface area (Å²) in [6, 6.07) is 3.28. The smallest absolute Gasteiger partial charge is 0.329 e. The van der Waals surface area contributed by atoms with E-state index in [2.05, 4.69) is 15.2 Å². The zero-order chi connectivity index (χ0) is 19.2. The van der Waals surface area contributed by atoms with Crippen molar-refractivity contribution >= 4 is 34.8 Å². The van der Waals surface area contributed by atoms with E-state index in [1.807, 2.05) is 4.57 Å². The number of thioether (sulfide) groups is 1. The summed E-state index contributed by atoms with van der Waals surface area (Å²) in [4.78, 5) is 18.5. The van der Waals surface area contributed by atoms with Crippen molar-refractivity contribution in [2.24, 2.45) is 4.99 Å². The van der Waals surface area contributed by atoms with Crippen LogP contribution in [0.4, 0.5) is 13.2 Å². The molecule has 0 saturated carbocycles. The summed E-state index contributed by atoms with van der Waals surface area (Å²) < 4.78 is 41.0. The number of carbonyl (C=O) groups excluding carboxylic acids is 1. The first kappa shape index (κ1) is 18.3. The van der Waals surface area contributed by atoms with Crippen molar-refractivity contribution in [3.63, 3.8) is 0 Å². The topological polar surface area (TPSA) is 63.4 Å². The third kappa shape index (κ3) is 3.31. The number of aromatic nitrogens is 3. The first-order chi connectivity index (χ1) is 12.9. The van der Waals surface area contributed by atoms with Gasteiger partial charge in [-0.25, -0.2) is 0 Å². The molecule has 0 aliphatic carbocycles. The van der Waals surface area contributed by atoms with Crippen LogP contribution in [-0.4, -0.2) is 43.4 Å². The van der Waals surface area contributed by atoms with E-state index < -0.39 is 22.7 Å². The van der Waals surface area contributed by atoms with Crippen LogP contribution in [0.3, 0.4) is 0 Å². The van der Waals surface area contributed by atoms with E-state index in [1.54, 1.807) is 17.3 Å². The molecular formula is C16H13ClF3N5OS. The number of carbonyl (C=O) groups is 1. The second-order valence-corrected chi connectivity index (χ2v) is 7.38. The number of benzene rings is 1. The van der Waals surface area contributed by atoms with Gasteiger partial charge in [-0.3, -0.25) is 9.79 Å². The highest BCUT2D eigenvalue weighted by molar-refractivity contribution is 8.12. The number of alkyl halides is 3. The third-order valence-corrected chi connectivity index (χ3v) is 5.66. The number of hydrogen-bond acceptors (Lipinski definition) is 5. The van der Waals surface area contributed by atoms with Crippen LogP contribution in [0.5, 0.6) is 0 Å². The Labute approximate surface area is 161 Å². The number of nitrogens with zero attached hydrogens (tertiary/aromatic N) is 5. The maximum Gasteiger partial charge on any atom is 0.417 e. The lowest BCUT2D eigenvalue weighted by molar-refractivity contribution is -0.137. The second kappa shape index (κ2) is 6.83. The molecule has 2 aromatic rings. The van der Waals surface area contributed by atoms with Crippen LogP contribution in [0.15, 0.2) is 23.2 Å². The van der Waals surface area contributed by atoms with Gasteiger partial charge in [0.25, 0.3) is 5.91 Å². The number of aliphatic imine (C=N–C) groups is 1. The summed E-state index contributed by atoms with van der Waals surface area (Å²) in [5.41, 5.74) is 0.589. The van der Waals surface area contributed by atoms with Gasteiger partial charge < -0.3 is 9.47 Å². The quantitative estimate of drug-likeness (QED) is 0.754. The number of rotatable bonds is 2. The van der Waals surface area contributed by atoms with E-state index in [4.69, 9.17) is 11.6 Å². The lowest BCUT2D eigenvalue weighted by Crippen LogP contribution is -2.39. The molecule has 4 rings (SSSR count). The fourth-order valence-corrected chi connectivity index (χ4v) is 4.17. The van der Waals surface area contributed by atoms with Gasteiger partial charge in [-0.1, -0.05) is 17.7 Å². The summed E-state index contributed by atoms with van der Waals surface area (Å²) >= 11 is 7.47. The standard InChI is InChI=1S/C16H13ClF3N5OS/c17-13-9(2-1-3-10(13)16(18,19)20)15(26)24-4-5-25-12(6-24)22-23-14(25)11-7-27-8-21-11/h1-3,8,11H,4-7H2. The van der Waals surface area contributed by atoms with Gasteiger partial charge in [-0.05, 0) is 12.1 Å². The Morgan fingerprint density at radius 1 is 1.26 bits per heavy atom. The van der Waals surface area contributed by atoms with Crippen molar-refractivity contribution in [3.05, 3.63) is 46.0 Å². The fraction of sp³-hybridized carbons (Fsp3) is 0.375. The number of hydrogen-bond donors (Lipinski definition) is 0. The molecule has 6 nitrogen and oxygen atoms in total. The molecule has 2 aliphatic rings. The molecule has 1 aromatic carbocycles. The van der Waals surface area contributed by atoms with Crippen LogP contribution < -0.4 is 0 Å². The van der Waals surface area contributed by atoms with E-state index in [1.165, 1.54) is 17.0 Å². The molecule has 142 valence electrons. The molecule has 0 fully saturated rings. The monoisotopic (exact) mass is 415 g/mol. The molecular weight excluding hydrogens is 403 g/mol. The number of halogens is 4. The van der Waals surface area contributed by atoms with Gasteiger partial charge in [-0.15, -0.1) is 22.0 Å². The molecule has 11 heteroatoms. The Morgan fingerprint density at radius 3 is 2.78 bits per heavy atom. The third-order valence-electron chi connectivity index (χ3n) is 4.47. The minimum Gasteiger partial charge on any atom is -0.329 e. The van der Waals surface area contributed by atoms with Crippen LogP contribution in [-0.2, 0) is 19.3 Å². The predicted octanol–water partition coefficient (Wildman–Crippen LogP) is 3.42. The zero-order valence-electron chi connectivity index (χ0n) is 13.8. The largest absolute Gasteiger partial charge is 0.417 e. The number of fused-ring (bicyclic) bond motifs is 1. The number of amides is 1. The zero-order valence-corrected chi connectivity index (χ0v) is 15.4. The molecule has 3 heterocycles. The van der Waals surface area contributed by atoms with Crippen molar-refractivity contribution in [3.8, 4) is 0 Å². The molecule has 1 amide bonds. The van der Waals surface area contributed by atoms with Crippen LogP contribution in [0.25, 0.3) is 0 Å². The van der Waals surface area contributed by atoms with Crippen molar-refractivity contribution in [2.75, 3.05) is 12.3 Å². The van der Waals surface area contributed by atoms with Gasteiger partial charge in [0.1, 0.15) is 6.04 Å². The van der Waals surface area contributed by atoms with Crippen molar-refractivity contribution in [1.29, 1.82) is 0 Å².